The van der Waals surface area contributed by atoms with E-state index in [9.17, 15) is 14.7 Å². The Kier molecular flexibility index (Phi) is 15.7. The molecule has 0 heterocycles. The highest BCUT2D eigenvalue weighted by Crippen LogP contribution is 2.17. The van der Waals surface area contributed by atoms with Crippen LogP contribution in [-0.4, -0.2) is 34.4 Å². The highest BCUT2D eigenvalue weighted by Gasteiger charge is 2.21. The highest BCUT2D eigenvalue weighted by molar-refractivity contribution is 5.66. The molecule has 0 amide bonds. The maximum atomic E-state index is 11.3. The van der Waals surface area contributed by atoms with E-state index in [4.69, 9.17) is 9.84 Å². The van der Waals surface area contributed by atoms with Crippen LogP contribution in [0, 0.1) is 0 Å². The number of esters is 1. The number of carboxylic acids is 1. The first kappa shape index (κ1) is 23.9. The summed E-state index contributed by atoms with van der Waals surface area (Å²) in [5.41, 5.74) is 0. The maximum absolute atomic E-state index is 11.3. The smallest absolute Gasteiger partial charge is 0.303 e. The third-order valence-electron chi connectivity index (χ3n) is 4.48. The summed E-state index contributed by atoms with van der Waals surface area (Å²) < 4.78 is 5.31. The number of aliphatic hydroxyl groups excluding tert-OH is 1. The van der Waals surface area contributed by atoms with Crippen LogP contribution in [0.3, 0.4) is 0 Å². The van der Waals surface area contributed by atoms with Crippen LogP contribution >= 0.6 is 0 Å². The minimum absolute atomic E-state index is 0.232. The summed E-state index contributed by atoms with van der Waals surface area (Å²) in [6.07, 6.45) is 12.1. The summed E-state index contributed by atoms with van der Waals surface area (Å²) in [6, 6.07) is 0. The van der Waals surface area contributed by atoms with E-state index in [1.165, 1.54) is 32.6 Å². The normalized spacial score (nSPS) is 13.4. The Bertz CT molecular complexity index is 343. The van der Waals surface area contributed by atoms with Gasteiger partial charge in [-0.3, -0.25) is 9.59 Å². The van der Waals surface area contributed by atoms with E-state index in [1.807, 2.05) is 0 Å². The van der Waals surface area contributed by atoms with Gasteiger partial charge < -0.3 is 14.9 Å². The lowest BCUT2D eigenvalue weighted by Gasteiger charge is -2.22. The second kappa shape index (κ2) is 16.4. The van der Waals surface area contributed by atoms with Crippen molar-refractivity contribution in [1.82, 2.24) is 0 Å². The topological polar surface area (TPSA) is 83.8 Å². The van der Waals surface area contributed by atoms with Gasteiger partial charge in [-0.25, -0.2) is 0 Å². The lowest BCUT2D eigenvalue weighted by Crippen LogP contribution is -2.30. The van der Waals surface area contributed by atoms with E-state index in [2.05, 4.69) is 6.92 Å². The van der Waals surface area contributed by atoms with Gasteiger partial charge in [0.15, 0.2) is 0 Å². The Morgan fingerprint density at radius 3 is 1.92 bits per heavy atom. The molecule has 25 heavy (non-hydrogen) atoms. The molecule has 0 aliphatic carbocycles. The molecule has 0 saturated carbocycles. The van der Waals surface area contributed by atoms with Crippen LogP contribution < -0.4 is 0 Å². The fraction of sp³-hybridized carbons (Fsp3) is 0.900. The predicted octanol–water partition coefficient (Wildman–Crippen LogP) is 4.84. The number of hydrogen-bond acceptors (Lipinski definition) is 4. The van der Waals surface area contributed by atoms with Crippen LogP contribution in [-0.2, 0) is 14.3 Å². The Hall–Kier alpha value is -1.10. The van der Waals surface area contributed by atoms with Gasteiger partial charge in [0.2, 0.25) is 0 Å². The molecule has 0 spiro atoms. The molecule has 5 heteroatoms. The number of carboxylic acid groups (broad SMARTS) is 1. The second-order valence-electron chi connectivity index (χ2n) is 6.97. The van der Waals surface area contributed by atoms with E-state index >= 15 is 0 Å². The van der Waals surface area contributed by atoms with Crippen molar-refractivity contribution in [1.29, 1.82) is 0 Å². The number of unbranched alkanes of at least 4 members (excludes halogenated alkanes) is 9. The molecule has 0 saturated heterocycles. The number of ether oxygens (including phenoxy) is 1. The minimum Gasteiger partial charge on any atom is -0.481 e. The molecular weight excluding hydrogens is 320 g/mol. The van der Waals surface area contributed by atoms with Crippen molar-refractivity contribution >= 4 is 11.9 Å². The largest absolute Gasteiger partial charge is 0.481 e. The number of carbonyl (C=O) groups excluding carboxylic acids is 1. The van der Waals surface area contributed by atoms with E-state index in [-0.39, 0.29) is 12.4 Å². The molecule has 0 aromatic carbocycles. The zero-order valence-corrected chi connectivity index (χ0v) is 16.2. The van der Waals surface area contributed by atoms with Gasteiger partial charge in [0, 0.05) is 13.3 Å². The molecule has 2 N–H and O–H groups in total. The van der Waals surface area contributed by atoms with Crippen molar-refractivity contribution < 1.29 is 24.5 Å². The third kappa shape index (κ3) is 16.1. The number of hydrogen-bond donors (Lipinski definition) is 2. The van der Waals surface area contributed by atoms with Gasteiger partial charge in [0.1, 0.15) is 6.10 Å². The van der Waals surface area contributed by atoms with Crippen molar-refractivity contribution in [2.75, 3.05) is 0 Å². The molecule has 0 aromatic heterocycles. The Balaban J connectivity index is 3.87. The first-order valence-corrected chi connectivity index (χ1v) is 10.0. The molecular formula is C20H38O5. The van der Waals surface area contributed by atoms with Gasteiger partial charge in [-0.15, -0.1) is 0 Å². The highest BCUT2D eigenvalue weighted by atomic mass is 16.6. The van der Waals surface area contributed by atoms with Gasteiger partial charge in [-0.05, 0) is 25.7 Å². The lowest BCUT2D eigenvalue weighted by atomic mass is 9.99. The van der Waals surface area contributed by atoms with E-state index in [0.29, 0.717) is 12.8 Å². The summed E-state index contributed by atoms with van der Waals surface area (Å²) in [5.74, 6) is -1.07. The van der Waals surface area contributed by atoms with Crippen LogP contribution in [0.2, 0.25) is 0 Å². The average molecular weight is 359 g/mol. The van der Waals surface area contributed by atoms with Gasteiger partial charge >= 0.3 is 11.9 Å². The number of aliphatic carboxylic acids is 1. The van der Waals surface area contributed by atoms with Crippen molar-refractivity contribution in [3.8, 4) is 0 Å². The van der Waals surface area contributed by atoms with Gasteiger partial charge in [0.25, 0.3) is 0 Å². The fourth-order valence-corrected chi connectivity index (χ4v) is 3.01. The lowest BCUT2D eigenvalue weighted by molar-refractivity contribution is -0.153. The summed E-state index contributed by atoms with van der Waals surface area (Å²) in [4.78, 5) is 21.7. The van der Waals surface area contributed by atoms with Gasteiger partial charge in [-0.1, -0.05) is 64.7 Å². The van der Waals surface area contributed by atoms with Gasteiger partial charge in [-0.2, -0.15) is 0 Å². The average Bonchev–Trinajstić information content (AvgIpc) is 2.55. The van der Waals surface area contributed by atoms with Crippen LogP contribution in [0.4, 0.5) is 0 Å². The van der Waals surface area contributed by atoms with E-state index < -0.39 is 18.2 Å². The van der Waals surface area contributed by atoms with E-state index in [1.54, 1.807) is 0 Å². The van der Waals surface area contributed by atoms with Crippen molar-refractivity contribution in [2.45, 2.75) is 116 Å². The maximum Gasteiger partial charge on any atom is 0.303 e. The Labute approximate surface area is 153 Å². The van der Waals surface area contributed by atoms with E-state index in [0.717, 1.165) is 44.9 Å². The molecule has 0 bridgehead atoms. The first-order valence-electron chi connectivity index (χ1n) is 10.0. The molecule has 0 radical (unpaired) electrons. The summed E-state index contributed by atoms with van der Waals surface area (Å²) in [5, 5.41) is 18.9. The summed E-state index contributed by atoms with van der Waals surface area (Å²) in [7, 11) is 0. The van der Waals surface area contributed by atoms with Crippen molar-refractivity contribution in [2.24, 2.45) is 0 Å². The van der Waals surface area contributed by atoms with Crippen LogP contribution in [0.1, 0.15) is 104 Å². The molecule has 0 unspecified atom stereocenters. The van der Waals surface area contributed by atoms with Crippen LogP contribution in [0.25, 0.3) is 0 Å². The summed E-state index contributed by atoms with van der Waals surface area (Å²) >= 11 is 0. The molecule has 2 atom stereocenters. The van der Waals surface area contributed by atoms with Crippen LogP contribution in [0.15, 0.2) is 0 Å². The summed E-state index contributed by atoms with van der Waals surface area (Å²) in [6.45, 7) is 3.59. The predicted molar refractivity (Wildman–Crippen MR) is 99.5 cm³/mol. The Morgan fingerprint density at radius 2 is 1.36 bits per heavy atom. The minimum atomic E-state index is -0.741. The first-order chi connectivity index (χ1) is 12.0. The van der Waals surface area contributed by atoms with Gasteiger partial charge in [0.05, 0.1) is 6.10 Å². The van der Waals surface area contributed by atoms with Crippen molar-refractivity contribution in [3.63, 3.8) is 0 Å². The zero-order chi connectivity index (χ0) is 18.9. The zero-order valence-electron chi connectivity index (χ0n) is 16.2. The molecule has 148 valence electrons. The molecule has 5 nitrogen and oxygen atoms in total. The van der Waals surface area contributed by atoms with Crippen molar-refractivity contribution in [3.05, 3.63) is 0 Å². The molecule has 0 aliphatic rings. The number of carbonyl (C=O) groups is 2. The fourth-order valence-electron chi connectivity index (χ4n) is 3.01. The molecule has 0 rings (SSSR count). The SMILES string of the molecule is CCCCCCCC[C@@H](OC(C)=O)[C@@H](O)CCCCCCCC(=O)O. The monoisotopic (exact) mass is 358 g/mol. The Morgan fingerprint density at radius 1 is 0.840 bits per heavy atom. The third-order valence-corrected chi connectivity index (χ3v) is 4.48. The molecule has 0 fully saturated rings. The number of aliphatic hydroxyl groups is 1. The quantitative estimate of drug-likeness (QED) is 0.287. The molecule has 0 aliphatic heterocycles. The second-order valence-corrected chi connectivity index (χ2v) is 6.97. The number of rotatable bonds is 17. The molecule has 0 aromatic rings. The standard InChI is InChI=1S/C20H38O5/c1-3-4-5-6-9-12-15-19(25-17(2)21)18(22)14-11-8-7-10-13-16-20(23)24/h18-19,22H,3-16H2,1-2H3,(H,23,24)/t18-,19+/m0/s1. The van der Waals surface area contributed by atoms with Crippen LogP contribution in [0.5, 0.6) is 0 Å².